The van der Waals surface area contributed by atoms with Gasteiger partial charge in [0.15, 0.2) is 0 Å². The van der Waals surface area contributed by atoms with E-state index in [1.165, 1.54) is 19.3 Å². The molecule has 1 spiro atoms. The minimum Gasteiger partial charge on any atom is -0.382 e. The number of nitro benzene ring substituents is 1. The molecule has 1 N–H and O–H groups in total. The maximum atomic E-state index is 11.3. The van der Waals surface area contributed by atoms with Gasteiger partial charge in [-0.2, -0.15) is 0 Å². The number of nitrogens with zero attached hydrogens (tertiary/aromatic N) is 2. The van der Waals surface area contributed by atoms with Crippen molar-refractivity contribution in [2.75, 3.05) is 11.9 Å². The van der Waals surface area contributed by atoms with Crippen LogP contribution in [0.15, 0.2) is 30.6 Å². The van der Waals surface area contributed by atoms with Gasteiger partial charge in [0, 0.05) is 42.2 Å². The van der Waals surface area contributed by atoms with Crippen molar-refractivity contribution in [3.63, 3.8) is 0 Å². The summed E-state index contributed by atoms with van der Waals surface area (Å²) in [5, 5.41) is 16.3. The second-order valence-electron chi connectivity index (χ2n) is 7.24. The summed E-state index contributed by atoms with van der Waals surface area (Å²) in [6.07, 6.45) is 11.3. The fraction of sp³-hybridized carbons (Fsp3) is 0.526. The number of benzene rings is 1. The zero-order valence-electron chi connectivity index (χ0n) is 14.2. The van der Waals surface area contributed by atoms with Crippen molar-refractivity contribution in [2.24, 2.45) is 0 Å². The molecular weight excluding hydrogens is 318 g/mol. The molecule has 1 saturated heterocycles. The van der Waals surface area contributed by atoms with Gasteiger partial charge in [0.05, 0.1) is 15.9 Å². The lowest BCUT2D eigenvalue weighted by Gasteiger charge is -2.44. The number of anilines is 1. The van der Waals surface area contributed by atoms with Crippen LogP contribution < -0.4 is 5.32 Å². The van der Waals surface area contributed by atoms with Crippen LogP contribution in [0.3, 0.4) is 0 Å². The molecule has 1 aromatic heterocycles. The van der Waals surface area contributed by atoms with Crippen molar-refractivity contribution in [3.05, 3.63) is 40.7 Å². The standard InChI is InChI=1S/C19H23N3O3/c23-22(24)18-5-4-17(15-6-10-20-13-16(15)18)21-14-7-11-25-19(12-14)8-2-1-3-9-19/h4-6,10,13-14,21H,1-3,7-9,11-12H2. The zero-order chi connectivity index (χ0) is 17.3. The highest BCUT2D eigenvalue weighted by Gasteiger charge is 2.38. The summed E-state index contributed by atoms with van der Waals surface area (Å²) >= 11 is 0. The van der Waals surface area contributed by atoms with E-state index in [-0.39, 0.29) is 16.2 Å². The molecule has 0 amide bonds. The van der Waals surface area contributed by atoms with Crippen LogP contribution >= 0.6 is 0 Å². The molecule has 2 heterocycles. The van der Waals surface area contributed by atoms with Crippen molar-refractivity contribution >= 4 is 22.1 Å². The largest absolute Gasteiger partial charge is 0.382 e. The Kier molecular flexibility index (Phi) is 4.29. The van der Waals surface area contributed by atoms with Gasteiger partial charge in [0.25, 0.3) is 5.69 Å². The van der Waals surface area contributed by atoms with Gasteiger partial charge in [0.1, 0.15) is 0 Å². The number of pyridine rings is 1. The number of aromatic nitrogens is 1. The van der Waals surface area contributed by atoms with Crippen molar-refractivity contribution in [1.82, 2.24) is 4.98 Å². The van der Waals surface area contributed by atoms with E-state index >= 15 is 0 Å². The third-order valence-corrected chi connectivity index (χ3v) is 5.61. The molecule has 1 aliphatic carbocycles. The molecule has 0 bridgehead atoms. The number of non-ortho nitro benzene ring substituents is 1. The number of hydrogen-bond donors (Lipinski definition) is 1. The van der Waals surface area contributed by atoms with Crippen LogP contribution in [0, 0.1) is 10.1 Å². The maximum Gasteiger partial charge on any atom is 0.278 e. The number of rotatable bonds is 3. The normalized spacial score (nSPS) is 22.8. The van der Waals surface area contributed by atoms with E-state index in [1.807, 2.05) is 12.1 Å². The molecule has 1 aliphatic heterocycles. The van der Waals surface area contributed by atoms with Gasteiger partial charge in [0.2, 0.25) is 0 Å². The average Bonchev–Trinajstić information content (AvgIpc) is 2.62. The van der Waals surface area contributed by atoms with Crippen molar-refractivity contribution in [1.29, 1.82) is 0 Å². The summed E-state index contributed by atoms with van der Waals surface area (Å²) in [4.78, 5) is 15.0. The fourth-order valence-corrected chi connectivity index (χ4v) is 4.38. The van der Waals surface area contributed by atoms with E-state index in [9.17, 15) is 10.1 Å². The third kappa shape index (κ3) is 3.18. The molecular formula is C19H23N3O3. The Morgan fingerprint density at radius 3 is 2.84 bits per heavy atom. The minimum absolute atomic E-state index is 0.0340. The number of nitro groups is 1. The van der Waals surface area contributed by atoms with Gasteiger partial charge in [-0.3, -0.25) is 15.1 Å². The monoisotopic (exact) mass is 341 g/mol. The summed E-state index contributed by atoms with van der Waals surface area (Å²) < 4.78 is 6.17. The Morgan fingerprint density at radius 2 is 2.04 bits per heavy atom. The quantitative estimate of drug-likeness (QED) is 0.660. The Balaban J connectivity index is 1.60. The van der Waals surface area contributed by atoms with E-state index in [2.05, 4.69) is 10.3 Å². The molecule has 1 saturated carbocycles. The van der Waals surface area contributed by atoms with Crippen LogP contribution in [-0.2, 0) is 4.74 Å². The summed E-state index contributed by atoms with van der Waals surface area (Å²) in [6, 6.07) is 5.58. The average molecular weight is 341 g/mol. The van der Waals surface area contributed by atoms with Crippen LogP contribution in [0.5, 0.6) is 0 Å². The smallest absolute Gasteiger partial charge is 0.278 e. The molecule has 132 valence electrons. The Labute approximate surface area is 146 Å². The zero-order valence-corrected chi connectivity index (χ0v) is 14.2. The number of fused-ring (bicyclic) bond motifs is 1. The van der Waals surface area contributed by atoms with Crippen LogP contribution in [0.25, 0.3) is 10.8 Å². The van der Waals surface area contributed by atoms with Gasteiger partial charge in [-0.05, 0) is 37.8 Å². The number of ether oxygens (including phenoxy) is 1. The Hall–Kier alpha value is -2.21. The van der Waals surface area contributed by atoms with Crippen LogP contribution in [0.1, 0.15) is 44.9 Å². The first-order chi connectivity index (χ1) is 12.2. The molecule has 25 heavy (non-hydrogen) atoms. The summed E-state index contributed by atoms with van der Waals surface area (Å²) in [7, 11) is 0. The fourth-order valence-electron chi connectivity index (χ4n) is 4.38. The molecule has 6 heteroatoms. The van der Waals surface area contributed by atoms with E-state index in [1.54, 1.807) is 18.5 Å². The van der Waals surface area contributed by atoms with Crippen molar-refractivity contribution in [3.8, 4) is 0 Å². The number of hydrogen-bond acceptors (Lipinski definition) is 5. The van der Waals surface area contributed by atoms with E-state index < -0.39 is 0 Å². The predicted octanol–water partition coefficient (Wildman–Crippen LogP) is 4.44. The minimum atomic E-state index is -0.348. The van der Waals surface area contributed by atoms with E-state index in [0.717, 1.165) is 43.4 Å². The Bertz CT molecular complexity index is 781. The molecule has 2 aliphatic rings. The molecule has 2 fully saturated rings. The van der Waals surface area contributed by atoms with Gasteiger partial charge in [-0.25, -0.2) is 0 Å². The summed E-state index contributed by atoms with van der Waals surface area (Å²) in [5.74, 6) is 0. The van der Waals surface area contributed by atoms with Crippen LogP contribution in [0.2, 0.25) is 0 Å². The topological polar surface area (TPSA) is 77.3 Å². The second kappa shape index (κ2) is 6.59. The van der Waals surface area contributed by atoms with Crippen molar-refractivity contribution < 1.29 is 9.66 Å². The third-order valence-electron chi connectivity index (χ3n) is 5.61. The van der Waals surface area contributed by atoms with E-state index in [0.29, 0.717) is 11.4 Å². The molecule has 1 atom stereocenters. The molecule has 0 radical (unpaired) electrons. The predicted molar refractivity (Wildman–Crippen MR) is 96.8 cm³/mol. The SMILES string of the molecule is O=[N+]([O-])c1ccc(NC2CCOC3(CCCCC3)C2)c2ccncc12. The maximum absolute atomic E-state index is 11.3. The van der Waals surface area contributed by atoms with Gasteiger partial charge >= 0.3 is 0 Å². The van der Waals surface area contributed by atoms with Crippen LogP contribution in [0.4, 0.5) is 11.4 Å². The Morgan fingerprint density at radius 1 is 1.20 bits per heavy atom. The lowest BCUT2D eigenvalue weighted by molar-refractivity contribution is -0.383. The first-order valence-electron chi connectivity index (χ1n) is 9.09. The molecule has 4 rings (SSSR count). The highest BCUT2D eigenvalue weighted by atomic mass is 16.6. The molecule has 2 aromatic rings. The lowest BCUT2D eigenvalue weighted by atomic mass is 9.78. The molecule has 1 unspecified atom stereocenters. The van der Waals surface area contributed by atoms with Gasteiger partial charge in [-0.1, -0.05) is 19.3 Å². The number of nitrogens with one attached hydrogen (secondary N) is 1. The second-order valence-corrected chi connectivity index (χ2v) is 7.24. The molecule has 1 aromatic carbocycles. The highest BCUT2D eigenvalue weighted by Crippen LogP contribution is 2.40. The van der Waals surface area contributed by atoms with Crippen LogP contribution in [-0.4, -0.2) is 28.2 Å². The van der Waals surface area contributed by atoms with E-state index in [4.69, 9.17) is 4.74 Å². The first kappa shape index (κ1) is 16.3. The summed E-state index contributed by atoms with van der Waals surface area (Å²) in [6.45, 7) is 0.782. The first-order valence-corrected chi connectivity index (χ1v) is 9.09. The highest BCUT2D eigenvalue weighted by molar-refractivity contribution is 5.99. The summed E-state index contributed by atoms with van der Waals surface area (Å²) in [5.41, 5.74) is 1.08. The van der Waals surface area contributed by atoms with Crippen molar-refractivity contribution in [2.45, 2.75) is 56.6 Å². The molecule has 6 nitrogen and oxygen atoms in total. The van der Waals surface area contributed by atoms with Gasteiger partial charge < -0.3 is 10.1 Å². The van der Waals surface area contributed by atoms with Gasteiger partial charge in [-0.15, -0.1) is 0 Å². The lowest BCUT2D eigenvalue weighted by Crippen LogP contribution is -2.45.